The van der Waals surface area contributed by atoms with Crippen LogP contribution in [0, 0.1) is 0 Å². The number of carbonyl (C=O) groups is 2. The molecule has 1 heterocycles. The average Bonchev–Trinajstić information content (AvgIpc) is 2.58. The van der Waals surface area contributed by atoms with Crippen LogP contribution in [0.5, 0.6) is 5.75 Å². The van der Waals surface area contributed by atoms with Crippen LogP contribution in [0.2, 0.25) is 0 Å². The van der Waals surface area contributed by atoms with Crippen LogP contribution in [0.1, 0.15) is 0 Å². The minimum Gasteiger partial charge on any atom is -0.507 e. The van der Waals surface area contributed by atoms with E-state index in [-0.39, 0.29) is 5.75 Å². The third-order valence-electron chi connectivity index (χ3n) is 4.12. The molecule has 1 fully saturated rings. The molecule has 24 heavy (non-hydrogen) atoms. The summed E-state index contributed by atoms with van der Waals surface area (Å²) in [4.78, 5) is 26.4. The first-order chi connectivity index (χ1) is 11.5. The molecule has 2 aromatic rings. The molecule has 0 radical (unpaired) electrons. The molecular weight excluding hydrogens is 308 g/mol. The van der Waals surface area contributed by atoms with E-state index in [0.717, 1.165) is 13.1 Å². The molecule has 0 unspecified atom stereocenters. The number of fused-ring (bicyclic) bond motifs is 1. The number of benzene rings is 2. The number of anilines is 1. The van der Waals surface area contributed by atoms with E-state index in [0.29, 0.717) is 29.5 Å². The predicted octanol–water partition coefficient (Wildman–Crippen LogP) is 0.762. The van der Waals surface area contributed by atoms with E-state index in [2.05, 4.69) is 15.6 Å². The fraction of sp³-hybridized carbons (Fsp3) is 0.294. The number of amides is 2. The van der Waals surface area contributed by atoms with Crippen LogP contribution in [0.15, 0.2) is 36.4 Å². The van der Waals surface area contributed by atoms with E-state index < -0.39 is 11.8 Å². The second kappa shape index (κ2) is 6.86. The van der Waals surface area contributed by atoms with E-state index in [1.807, 2.05) is 7.05 Å². The maximum Gasteiger partial charge on any atom is 0.323 e. The van der Waals surface area contributed by atoms with Crippen molar-refractivity contribution in [1.29, 1.82) is 0 Å². The van der Waals surface area contributed by atoms with E-state index in [9.17, 15) is 14.7 Å². The molecule has 0 atom stereocenters. The highest BCUT2D eigenvalue weighted by atomic mass is 16.3. The van der Waals surface area contributed by atoms with Gasteiger partial charge in [-0.2, -0.15) is 0 Å². The van der Waals surface area contributed by atoms with Gasteiger partial charge in [-0.05, 0) is 19.2 Å². The highest BCUT2D eigenvalue weighted by Crippen LogP contribution is 2.29. The van der Waals surface area contributed by atoms with Gasteiger partial charge in [-0.25, -0.2) is 5.01 Å². The first-order valence-corrected chi connectivity index (χ1v) is 7.81. The van der Waals surface area contributed by atoms with Crippen LogP contribution >= 0.6 is 0 Å². The summed E-state index contributed by atoms with van der Waals surface area (Å²) in [6, 6.07) is 10.2. The minimum absolute atomic E-state index is 0.130. The number of rotatable bonds is 2. The van der Waals surface area contributed by atoms with E-state index >= 15 is 0 Å². The van der Waals surface area contributed by atoms with Crippen molar-refractivity contribution < 1.29 is 14.7 Å². The quantitative estimate of drug-likeness (QED) is 0.709. The van der Waals surface area contributed by atoms with Gasteiger partial charge in [0.05, 0.1) is 0 Å². The van der Waals surface area contributed by atoms with Gasteiger partial charge in [0.1, 0.15) is 5.75 Å². The molecular formula is C17H20N4O3. The second-order valence-electron chi connectivity index (χ2n) is 5.86. The Morgan fingerprint density at radius 2 is 1.62 bits per heavy atom. The van der Waals surface area contributed by atoms with Crippen molar-refractivity contribution in [2.75, 3.05) is 38.5 Å². The Labute approximate surface area is 139 Å². The first-order valence-electron chi connectivity index (χ1n) is 7.81. The first kappa shape index (κ1) is 16.2. The third kappa shape index (κ3) is 3.47. The van der Waals surface area contributed by atoms with Crippen molar-refractivity contribution in [2.24, 2.45) is 0 Å². The number of hydrazine groups is 1. The molecule has 3 N–H and O–H groups in total. The fourth-order valence-electron chi connectivity index (χ4n) is 2.69. The minimum atomic E-state index is -0.732. The Balaban J connectivity index is 1.68. The number of nitrogens with one attached hydrogen (secondary N) is 2. The van der Waals surface area contributed by atoms with Crippen molar-refractivity contribution in [2.45, 2.75) is 0 Å². The number of piperazine rings is 1. The number of likely N-dealkylation sites (N-methyl/N-ethyl adjacent to an activating group) is 1. The number of hydrogen-bond acceptors (Lipinski definition) is 5. The molecule has 7 nitrogen and oxygen atoms in total. The van der Waals surface area contributed by atoms with Crippen molar-refractivity contribution in [3.05, 3.63) is 36.4 Å². The summed E-state index contributed by atoms with van der Waals surface area (Å²) in [7, 11) is 2.02. The Hall–Kier alpha value is -2.64. The third-order valence-corrected chi connectivity index (χ3v) is 4.12. The van der Waals surface area contributed by atoms with Gasteiger partial charge < -0.3 is 15.3 Å². The normalized spacial score (nSPS) is 16.0. The second-order valence-corrected chi connectivity index (χ2v) is 5.86. The van der Waals surface area contributed by atoms with E-state index in [1.165, 1.54) is 0 Å². The number of carbonyl (C=O) groups excluding carboxylic acids is 2. The van der Waals surface area contributed by atoms with E-state index in [1.54, 1.807) is 41.4 Å². The summed E-state index contributed by atoms with van der Waals surface area (Å²) in [5.74, 6) is -1.30. The van der Waals surface area contributed by atoms with Gasteiger partial charge in [0, 0.05) is 42.6 Å². The average molecular weight is 328 g/mol. The zero-order valence-corrected chi connectivity index (χ0v) is 13.5. The van der Waals surface area contributed by atoms with Crippen LogP contribution in [-0.4, -0.2) is 60.1 Å². The van der Waals surface area contributed by atoms with Crippen molar-refractivity contribution in [1.82, 2.24) is 15.3 Å². The maximum absolute atomic E-state index is 12.2. The van der Waals surface area contributed by atoms with Gasteiger partial charge >= 0.3 is 11.8 Å². The Morgan fingerprint density at radius 3 is 2.38 bits per heavy atom. The number of nitrogens with zero attached hydrogens (tertiary/aromatic N) is 2. The molecule has 3 rings (SSSR count). The Morgan fingerprint density at radius 1 is 0.958 bits per heavy atom. The summed E-state index contributed by atoms with van der Waals surface area (Å²) in [5, 5.41) is 15.5. The summed E-state index contributed by atoms with van der Waals surface area (Å²) in [5.41, 5.74) is 3.11. The molecule has 2 amide bonds. The smallest absolute Gasteiger partial charge is 0.323 e. The molecule has 0 spiro atoms. The Bertz CT molecular complexity index is 770. The molecule has 0 aliphatic carbocycles. The zero-order valence-electron chi connectivity index (χ0n) is 13.5. The summed E-state index contributed by atoms with van der Waals surface area (Å²) >= 11 is 0. The van der Waals surface area contributed by atoms with Gasteiger partial charge in [0.2, 0.25) is 0 Å². The van der Waals surface area contributed by atoms with Crippen molar-refractivity contribution in [3.63, 3.8) is 0 Å². The molecule has 1 aliphatic rings. The van der Waals surface area contributed by atoms with Gasteiger partial charge in [0.25, 0.3) is 0 Å². The maximum atomic E-state index is 12.2. The predicted molar refractivity (Wildman–Crippen MR) is 91.5 cm³/mol. The molecule has 126 valence electrons. The number of aromatic hydroxyl groups is 1. The molecule has 7 heteroatoms. The molecule has 1 aliphatic heterocycles. The highest BCUT2D eigenvalue weighted by molar-refractivity contribution is 6.40. The van der Waals surface area contributed by atoms with Crippen LogP contribution in [0.3, 0.4) is 0 Å². The monoisotopic (exact) mass is 328 g/mol. The van der Waals surface area contributed by atoms with Gasteiger partial charge in [-0.1, -0.05) is 24.3 Å². The molecule has 0 saturated carbocycles. The molecule has 1 saturated heterocycles. The number of hydrogen-bond donors (Lipinski definition) is 3. The van der Waals surface area contributed by atoms with Crippen molar-refractivity contribution in [3.8, 4) is 5.75 Å². The SMILES string of the molecule is CN1CCN(NC(=O)C(=O)Nc2cccc3c(O)cccc23)CC1. The van der Waals surface area contributed by atoms with Crippen molar-refractivity contribution >= 4 is 28.3 Å². The fourth-order valence-corrected chi connectivity index (χ4v) is 2.69. The lowest BCUT2D eigenvalue weighted by molar-refractivity contribution is -0.139. The van der Waals surface area contributed by atoms with Crippen LogP contribution in [-0.2, 0) is 9.59 Å². The van der Waals surface area contributed by atoms with Crippen LogP contribution < -0.4 is 10.7 Å². The van der Waals surface area contributed by atoms with Gasteiger partial charge in [-0.15, -0.1) is 0 Å². The zero-order chi connectivity index (χ0) is 17.1. The van der Waals surface area contributed by atoms with Gasteiger partial charge in [0.15, 0.2) is 0 Å². The molecule has 0 aromatic heterocycles. The topological polar surface area (TPSA) is 84.9 Å². The number of phenolic OH excluding ortho intramolecular Hbond substituents is 1. The van der Waals surface area contributed by atoms with Crippen LogP contribution in [0.25, 0.3) is 10.8 Å². The lowest BCUT2D eigenvalue weighted by Gasteiger charge is -2.32. The summed E-state index contributed by atoms with van der Waals surface area (Å²) < 4.78 is 0. The summed E-state index contributed by atoms with van der Waals surface area (Å²) in [6.45, 7) is 3.03. The van der Waals surface area contributed by atoms with Gasteiger partial charge in [-0.3, -0.25) is 15.0 Å². The molecule has 0 bridgehead atoms. The Kier molecular flexibility index (Phi) is 4.64. The molecule has 2 aromatic carbocycles. The van der Waals surface area contributed by atoms with E-state index in [4.69, 9.17) is 0 Å². The summed E-state index contributed by atoms with van der Waals surface area (Å²) in [6.07, 6.45) is 0. The lowest BCUT2D eigenvalue weighted by atomic mass is 10.1. The highest BCUT2D eigenvalue weighted by Gasteiger charge is 2.20. The van der Waals surface area contributed by atoms with Crippen LogP contribution in [0.4, 0.5) is 5.69 Å². The lowest BCUT2D eigenvalue weighted by Crippen LogP contribution is -2.54. The standard InChI is InChI=1S/C17H20N4O3/c1-20-8-10-21(11-9-20)19-17(24)16(23)18-14-6-2-5-13-12(14)4-3-7-15(13)22/h2-7,22H,8-11H2,1H3,(H,18,23)(H,19,24). The largest absolute Gasteiger partial charge is 0.507 e. The number of phenols is 1.